The van der Waals surface area contributed by atoms with Crippen molar-refractivity contribution in [2.75, 3.05) is 27.4 Å². The Hall–Kier alpha value is -0.430. The third-order valence-corrected chi connectivity index (χ3v) is 4.54. The van der Waals surface area contributed by atoms with E-state index in [9.17, 15) is 5.11 Å². The van der Waals surface area contributed by atoms with Gasteiger partial charge in [-0.1, -0.05) is 24.3 Å². The van der Waals surface area contributed by atoms with E-state index in [4.69, 9.17) is 9.47 Å². The third-order valence-electron chi connectivity index (χ3n) is 3.87. The van der Waals surface area contributed by atoms with Crippen LogP contribution in [-0.2, 0) is 9.47 Å². The molecule has 0 radical (unpaired) electrons. The molecule has 0 amide bonds. The van der Waals surface area contributed by atoms with E-state index in [0.717, 1.165) is 5.56 Å². The van der Waals surface area contributed by atoms with Crippen molar-refractivity contribution in [1.82, 2.24) is 0 Å². The number of hydrogen-bond acceptors (Lipinski definition) is 3. The fourth-order valence-electron chi connectivity index (χ4n) is 2.85. The molecular weight excluding hydrogens is 367 g/mol. The lowest BCUT2D eigenvalue weighted by Crippen LogP contribution is -2.39. The first-order valence-corrected chi connectivity index (χ1v) is 7.85. The fourth-order valence-corrected chi connectivity index (χ4v) is 3.41. The number of halogens is 1. The van der Waals surface area contributed by atoms with Crippen LogP contribution in [0.4, 0.5) is 0 Å². The molecule has 0 saturated carbocycles. The zero-order valence-corrected chi connectivity index (χ0v) is 14.0. The van der Waals surface area contributed by atoms with Crippen molar-refractivity contribution in [2.45, 2.75) is 12.0 Å². The first kappa shape index (κ1) is 15.9. The van der Waals surface area contributed by atoms with Gasteiger partial charge in [-0.05, 0) is 40.3 Å². The number of hydrogen-bond donors (Lipinski definition) is 1. The minimum Gasteiger partial charge on any atom is -0.392 e. The van der Waals surface area contributed by atoms with Crippen LogP contribution in [0.5, 0.6) is 0 Å². The largest absolute Gasteiger partial charge is 0.392 e. The molecule has 0 fully saturated rings. The molecule has 1 aromatic carbocycles. The molecule has 2 rings (SSSR count). The lowest BCUT2D eigenvalue weighted by molar-refractivity contribution is -0.00584. The summed E-state index contributed by atoms with van der Waals surface area (Å²) in [6, 6.07) is 8.29. The van der Waals surface area contributed by atoms with Crippen LogP contribution >= 0.6 is 22.6 Å². The number of methoxy groups -OCH3 is 2. The summed E-state index contributed by atoms with van der Waals surface area (Å²) >= 11 is 2.30. The second-order valence-corrected chi connectivity index (χ2v) is 6.44. The summed E-state index contributed by atoms with van der Waals surface area (Å²) in [4.78, 5) is 0. The van der Waals surface area contributed by atoms with Crippen molar-refractivity contribution in [3.63, 3.8) is 0 Å². The number of aliphatic hydroxyl groups excluding tert-OH is 1. The van der Waals surface area contributed by atoms with Gasteiger partial charge in [-0.2, -0.15) is 0 Å². The molecule has 4 heteroatoms. The third kappa shape index (κ3) is 3.61. The van der Waals surface area contributed by atoms with E-state index in [2.05, 4.69) is 52.9 Å². The van der Waals surface area contributed by atoms with Gasteiger partial charge in [0.25, 0.3) is 0 Å². The monoisotopic (exact) mass is 388 g/mol. The Morgan fingerprint density at radius 3 is 2.55 bits per heavy atom. The van der Waals surface area contributed by atoms with Crippen LogP contribution < -0.4 is 0 Å². The normalized spacial score (nSPS) is 29.6. The molecule has 0 spiro atoms. The number of aliphatic hydroxyl groups is 1. The van der Waals surface area contributed by atoms with Crippen LogP contribution in [0.1, 0.15) is 11.5 Å². The van der Waals surface area contributed by atoms with Gasteiger partial charge in [0.05, 0.1) is 19.3 Å². The highest BCUT2D eigenvalue weighted by Gasteiger charge is 2.35. The van der Waals surface area contributed by atoms with Gasteiger partial charge >= 0.3 is 0 Å². The van der Waals surface area contributed by atoms with Crippen LogP contribution in [0.25, 0.3) is 0 Å². The average molecular weight is 388 g/mol. The molecule has 0 saturated heterocycles. The first-order valence-electron chi connectivity index (χ1n) is 6.77. The summed E-state index contributed by atoms with van der Waals surface area (Å²) in [6.45, 7) is 1.15. The summed E-state index contributed by atoms with van der Waals surface area (Å²) < 4.78 is 11.7. The second kappa shape index (κ2) is 7.54. The van der Waals surface area contributed by atoms with Gasteiger partial charge in [-0.15, -0.1) is 0 Å². The molecule has 3 nitrogen and oxygen atoms in total. The molecule has 4 atom stereocenters. The molecule has 110 valence electrons. The maximum Gasteiger partial charge on any atom is 0.0699 e. The summed E-state index contributed by atoms with van der Waals surface area (Å²) in [5.74, 6) is 0.291. The molecule has 0 bridgehead atoms. The van der Waals surface area contributed by atoms with Crippen molar-refractivity contribution in [3.8, 4) is 0 Å². The van der Waals surface area contributed by atoms with Gasteiger partial charge in [-0.3, -0.25) is 0 Å². The molecule has 1 aliphatic carbocycles. The zero-order valence-electron chi connectivity index (χ0n) is 11.8. The predicted octanol–water partition coefficient (Wildman–Crippen LogP) is 2.83. The van der Waals surface area contributed by atoms with Gasteiger partial charge in [0.1, 0.15) is 0 Å². The summed E-state index contributed by atoms with van der Waals surface area (Å²) in [7, 11) is 3.37. The Labute approximate surface area is 134 Å². The van der Waals surface area contributed by atoms with Crippen molar-refractivity contribution >= 4 is 22.6 Å². The van der Waals surface area contributed by atoms with Crippen molar-refractivity contribution in [2.24, 2.45) is 11.8 Å². The molecule has 0 aromatic heterocycles. The molecule has 1 aromatic rings. The lowest BCUT2D eigenvalue weighted by atomic mass is 9.75. The molecule has 0 heterocycles. The number of benzene rings is 1. The summed E-state index contributed by atoms with van der Waals surface area (Å²) in [6.07, 6.45) is 3.81. The van der Waals surface area contributed by atoms with Gasteiger partial charge < -0.3 is 14.6 Å². The Balaban J connectivity index is 2.25. The second-order valence-electron chi connectivity index (χ2n) is 5.19. The van der Waals surface area contributed by atoms with Crippen LogP contribution in [0.15, 0.2) is 36.4 Å². The van der Waals surface area contributed by atoms with E-state index in [-0.39, 0.29) is 17.8 Å². The van der Waals surface area contributed by atoms with Crippen LogP contribution in [0.3, 0.4) is 0 Å². The molecule has 0 aliphatic heterocycles. The van der Waals surface area contributed by atoms with E-state index < -0.39 is 6.10 Å². The quantitative estimate of drug-likeness (QED) is 0.623. The summed E-state index contributed by atoms with van der Waals surface area (Å²) in [5, 5.41) is 10.7. The minimum absolute atomic E-state index is 0.0259. The van der Waals surface area contributed by atoms with Crippen molar-refractivity contribution in [1.29, 1.82) is 0 Å². The van der Waals surface area contributed by atoms with Crippen LogP contribution in [0, 0.1) is 15.4 Å². The number of ether oxygens (including phenoxy) is 2. The van der Waals surface area contributed by atoms with E-state index in [1.807, 2.05) is 6.07 Å². The molecular formula is C16H21IO3. The SMILES string of the molecule is COC[C@@H]1[C@H](O)[C@H](c2cccc(I)c2)C=C[C@@H]1COC. The molecule has 0 unspecified atom stereocenters. The summed E-state index contributed by atoms with van der Waals surface area (Å²) in [5.41, 5.74) is 1.15. The fraction of sp³-hybridized carbons (Fsp3) is 0.500. The highest BCUT2D eigenvalue weighted by Crippen LogP contribution is 2.35. The average Bonchev–Trinajstić information content (AvgIpc) is 2.43. The van der Waals surface area contributed by atoms with Crippen LogP contribution in [-0.4, -0.2) is 38.6 Å². The van der Waals surface area contributed by atoms with E-state index in [0.29, 0.717) is 13.2 Å². The maximum atomic E-state index is 10.7. The smallest absolute Gasteiger partial charge is 0.0699 e. The van der Waals surface area contributed by atoms with Crippen LogP contribution in [0.2, 0.25) is 0 Å². The molecule has 1 N–H and O–H groups in total. The highest BCUT2D eigenvalue weighted by molar-refractivity contribution is 14.1. The van der Waals surface area contributed by atoms with E-state index in [1.54, 1.807) is 14.2 Å². The van der Waals surface area contributed by atoms with Gasteiger partial charge in [0.15, 0.2) is 0 Å². The predicted molar refractivity (Wildman–Crippen MR) is 87.8 cm³/mol. The standard InChI is InChI=1S/C16H21IO3/c1-19-9-12-6-7-14(16(18)15(12)10-20-2)11-4-3-5-13(17)8-11/h3-8,12,14-16,18H,9-10H2,1-2H3/t12-,14+,15+,16-/m1/s1. The Kier molecular flexibility index (Phi) is 6.01. The van der Waals surface area contributed by atoms with Crippen molar-refractivity contribution in [3.05, 3.63) is 45.6 Å². The van der Waals surface area contributed by atoms with Gasteiger partial charge in [-0.25, -0.2) is 0 Å². The Bertz CT molecular complexity index is 461. The highest BCUT2D eigenvalue weighted by atomic mass is 127. The molecule has 20 heavy (non-hydrogen) atoms. The Morgan fingerprint density at radius 1 is 1.15 bits per heavy atom. The maximum absolute atomic E-state index is 10.7. The van der Waals surface area contributed by atoms with Crippen molar-refractivity contribution < 1.29 is 14.6 Å². The van der Waals surface area contributed by atoms with E-state index >= 15 is 0 Å². The van der Waals surface area contributed by atoms with Gasteiger partial charge in [0, 0.05) is 35.5 Å². The van der Waals surface area contributed by atoms with Gasteiger partial charge in [0.2, 0.25) is 0 Å². The van der Waals surface area contributed by atoms with E-state index in [1.165, 1.54) is 3.57 Å². The zero-order chi connectivity index (χ0) is 14.5. The minimum atomic E-state index is -0.446. The number of rotatable bonds is 5. The molecule has 1 aliphatic rings. The lowest BCUT2D eigenvalue weighted by Gasteiger charge is -2.36. The Morgan fingerprint density at radius 2 is 1.90 bits per heavy atom. The first-order chi connectivity index (χ1) is 9.67. The topological polar surface area (TPSA) is 38.7 Å².